The summed E-state index contributed by atoms with van der Waals surface area (Å²) in [7, 11) is 0. The van der Waals surface area contributed by atoms with Crippen LogP contribution in [0.25, 0.3) is 72.7 Å². The second-order valence-electron chi connectivity index (χ2n) is 19.1. The molecular weight excluding hydrogens is 719 g/mol. The van der Waals surface area contributed by atoms with Crippen molar-refractivity contribution in [2.24, 2.45) is 0 Å². The van der Waals surface area contributed by atoms with Crippen molar-refractivity contribution < 1.29 is 5.11 Å². The first-order chi connectivity index (χ1) is 28.0. The Morgan fingerprint density at radius 3 is 1.80 bits per heavy atom. The first-order valence-corrected chi connectivity index (χ1v) is 20.7. The molecule has 0 saturated carbocycles. The molecule has 8 rings (SSSR count). The van der Waals surface area contributed by atoms with Gasteiger partial charge in [-0.1, -0.05) is 159 Å². The van der Waals surface area contributed by atoms with Gasteiger partial charge in [-0.15, -0.1) is 0 Å². The van der Waals surface area contributed by atoms with Crippen LogP contribution < -0.4 is 0 Å². The standard InChI is InChI=1S/C55H55N3O/c1-35-24-25-48(44(28-35)37-20-15-12-16-21-37)58-49-23-17-22-43(50(49)57-52(58)45-33-42(54(5,6)7)34-46(51(45)59)55(8,9)10)39-29-40(31-41(30-39)53(2,3)4)47-32-38(26-27-56-47)36-18-13-11-14-19-36/h11-34,59H,1-10H3. The van der Waals surface area contributed by atoms with Crippen LogP contribution in [0.3, 0.4) is 0 Å². The third-order valence-electron chi connectivity index (χ3n) is 11.5. The van der Waals surface area contributed by atoms with E-state index in [4.69, 9.17) is 9.97 Å². The Labute approximate surface area is 350 Å². The third kappa shape index (κ3) is 7.72. The summed E-state index contributed by atoms with van der Waals surface area (Å²) in [6, 6.07) is 49.6. The normalized spacial score (nSPS) is 12.3. The molecule has 0 spiro atoms. The highest BCUT2D eigenvalue weighted by molar-refractivity contribution is 5.98. The molecule has 2 heterocycles. The van der Waals surface area contributed by atoms with Crippen molar-refractivity contribution in [1.82, 2.24) is 14.5 Å². The van der Waals surface area contributed by atoms with Gasteiger partial charge >= 0.3 is 0 Å². The quantitative estimate of drug-likeness (QED) is 0.183. The molecule has 2 aromatic heterocycles. The van der Waals surface area contributed by atoms with Crippen molar-refractivity contribution >= 4 is 11.0 Å². The van der Waals surface area contributed by atoms with E-state index in [2.05, 4.69) is 207 Å². The number of pyridine rings is 1. The smallest absolute Gasteiger partial charge is 0.149 e. The number of hydrogen-bond donors (Lipinski definition) is 1. The molecular formula is C55H55N3O. The zero-order valence-corrected chi connectivity index (χ0v) is 36.1. The second-order valence-corrected chi connectivity index (χ2v) is 19.1. The van der Waals surface area contributed by atoms with Gasteiger partial charge < -0.3 is 5.11 Å². The van der Waals surface area contributed by atoms with Gasteiger partial charge in [0, 0.05) is 28.5 Å². The Morgan fingerprint density at radius 2 is 1.14 bits per heavy atom. The lowest BCUT2D eigenvalue weighted by Gasteiger charge is -2.27. The summed E-state index contributed by atoms with van der Waals surface area (Å²) in [5, 5.41) is 12.4. The lowest BCUT2D eigenvalue weighted by atomic mass is 9.79. The molecule has 0 aliphatic heterocycles. The highest BCUT2D eigenvalue weighted by Crippen LogP contribution is 2.46. The molecule has 8 aromatic rings. The zero-order valence-electron chi connectivity index (χ0n) is 36.1. The van der Waals surface area contributed by atoms with Crippen molar-refractivity contribution in [3.8, 4) is 67.5 Å². The maximum atomic E-state index is 12.4. The van der Waals surface area contributed by atoms with Crippen LogP contribution in [0, 0.1) is 6.92 Å². The lowest BCUT2D eigenvalue weighted by Crippen LogP contribution is -2.17. The van der Waals surface area contributed by atoms with Gasteiger partial charge in [0.05, 0.1) is 28.0 Å². The van der Waals surface area contributed by atoms with Gasteiger partial charge in [-0.25, -0.2) is 4.98 Å². The molecule has 0 aliphatic rings. The van der Waals surface area contributed by atoms with Crippen LogP contribution in [-0.4, -0.2) is 19.6 Å². The highest BCUT2D eigenvalue weighted by atomic mass is 16.3. The summed E-state index contributed by atoms with van der Waals surface area (Å²) in [6.45, 7) is 22.1. The van der Waals surface area contributed by atoms with Gasteiger partial charge in [0.2, 0.25) is 0 Å². The Balaban J connectivity index is 1.45. The van der Waals surface area contributed by atoms with E-state index in [9.17, 15) is 5.11 Å². The predicted octanol–water partition coefficient (Wildman–Crippen LogP) is 14.7. The summed E-state index contributed by atoms with van der Waals surface area (Å²) >= 11 is 0. The van der Waals surface area contributed by atoms with Crippen molar-refractivity contribution in [2.75, 3.05) is 0 Å². The molecule has 0 fully saturated rings. The number of imidazole rings is 1. The molecule has 0 amide bonds. The fraction of sp³-hybridized carbons (Fsp3) is 0.236. The van der Waals surface area contributed by atoms with Crippen LogP contribution in [0.1, 0.15) is 84.6 Å². The average molecular weight is 774 g/mol. The van der Waals surface area contributed by atoms with Crippen LogP contribution >= 0.6 is 0 Å². The average Bonchev–Trinajstić information content (AvgIpc) is 3.59. The number of para-hydroxylation sites is 1. The number of phenolic OH excluding ortho intramolecular Hbond substituents is 1. The summed E-state index contributed by atoms with van der Waals surface area (Å²) < 4.78 is 2.27. The van der Waals surface area contributed by atoms with Gasteiger partial charge in [-0.2, -0.15) is 0 Å². The van der Waals surface area contributed by atoms with E-state index in [1.807, 2.05) is 12.3 Å². The Kier molecular flexibility index (Phi) is 9.95. The molecule has 4 heteroatoms. The Hall–Kier alpha value is -6.26. The van der Waals surface area contributed by atoms with Crippen LogP contribution in [0.5, 0.6) is 5.75 Å². The molecule has 59 heavy (non-hydrogen) atoms. The van der Waals surface area contributed by atoms with E-state index >= 15 is 0 Å². The van der Waals surface area contributed by atoms with E-state index < -0.39 is 0 Å². The number of rotatable bonds is 6. The Bertz CT molecular complexity index is 2830. The minimum atomic E-state index is -0.309. The molecule has 0 aliphatic carbocycles. The maximum absolute atomic E-state index is 12.4. The number of hydrogen-bond acceptors (Lipinski definition) is 3. The summed E-state index contributed by atoms with van der Waals surface area (Å²) in [5.74, 6) is 0.963. The van der Waals surface area contributed by atoms with Gasteiger partial charge in [0.25, 0.3) is 0 Å². The number of phenols is 1. The zero-order chi connectivity index (χ0) is 41.9. The predicted molar refractivity (Wildman–Crippen MR) is 249 cm³/mol. The van der Waals surface area contributed by atoms with Crippen molar-refractivity contribution in [3.05, 3.63) is 168 Å². The molecule has 1 N–H and O–H groups in total. The molecule has 0 unspecified atom stereocenters. The second kappa shape index (κ2) is 14.8. The summed E-state index contributed by atoms with van der Waals surface area (Å²) in [5.41, 5.74) is 15.9. The molecule has 0 atom stereocenters. The molecule has 6 aromatic carbocycles. The molecule has 0 bridgehead atoms. The first-order valence-electron chi connectivity index (χ1n) is 20.7. The molecule has 0 radical (unpaired) electrons. The number of fused-ring (bicyclic) bond motifs is 1. The van der Waals surface area contributed by atoms with Gasteiger partial charge in [-0.3, -0.25) is 9.55 Å². The largest absolute Gasteiger partial charge is 0.507 e. The van der Waals surface area contributed by atoms with Crippen LogP contribution in [0.4, 0.5) is 0 Å². The van der Waals surface area contributed by atoms with Gasteiger partial charge in [0.1, 0.15) is 11.6 Å². The van der Waals surface area contributed by atoms with Crippen molar-refractivity contribution in [1.29, 1.82) is 0 Å². The minimum absolute atomic E-state index is 0.130. The summed E-state index contributed by atoms with van der Waals surface area (Å²) in [6.07, 6.45) is 1.91. The highest BCUT2D eigenvalue weighted by Gasteiger charge is 2.29. The fourth-order valence-corrected chi connectivity index (χ4v) is 8.02. The minimum Gasteiger partial charge on any atom is -0.507 e. The number of benzene rings is 6. The van der Waals surface area contributed by atoms with E-state index in [-0.39, 0.29) is 22.0 Å². The molecule has 296 valence electrons. The van der Waals surface area contributed by atoms with Crippen LogP contribution in [0.2, 0.25) is 0 Å². The van der Waals surface area contributed by atoms with Gasteiger partial charge in [-0.05, 0) is 105 Å². The summed E-state index contributed by atoms with van der Waals surface area (Å²) in [4.78, 5) is 10.6. The number of aromatic hydroxyl groups is 1. The SMILES string of the molecule is Cc1ccc(-n2c(-c3cc(C(C)(C)C)cc(C(C)(C)C)c3O)nc3c(-c4cc(-c5cc(-c6ccccc6)ccn5)cc(C(C)(C)C)c4)cccc32)c(-c2ccccc2)c1. The van der Waals surface area contributed by atoms with E-state index in [1.54, 1.807) is 0 Å². The number of aromatic nitrogens is 3. The molecule has 0 saturated heterocycles. The van der Waals surface area contributed by atoms with Crippen LogP contribution in [-0.2, 0) is 16.2 Å². The fourth-order valence-electron chi connectivity index (χ4n) is 8.02. The number of aryl methyl sites for hydroxylation is 1. The topological polar surface area (TPSA) is 50.9 Å². The first kappa shape index (κ1) is 39.6. The van der Waals surface area contributed by atoms with E-state index in [0.717, 1.165) is 78.0 Å². The van der Waals surface area contributed by atoms with E-state index in [0.29, 0.717) is 5.82 Å². The van der Waals surface area contributed by atoms with Crippen molar-refractivity contribution in [3.63, 3.8) is 0 Å². The lowest BCUT2D eigenvalue weighted by molar-refractivity contribution is 0.446. The molecule has 4 nitrogen and oxygen atoms in total. The number of nitrogens with zero attached hydrogens (tertiary/aromatic N) is 3. The van der Waals surface area contributed by atoms with E-state index in [1.165, 1.54) is 11.1 Å². The third-order valence-corrected chi connectivity index (χ3v) is 11.5. The monoisotopic (exact) mass is 773 g/mol. The Morgan fingerprint density at radius 1 is 0.492 bits per heavy atom. The van der Waals surface area contributed by atoms with Crippen molar-refractivity contribution in [2.45, 2.75) is 85.5 Å². The maximum Gasteiger partial charge on any atom is 0.149 e. The van der Waals surface area contributed by atoms with Crippen LogP contribution in [0.15, 0.2) is 146 Å². The van der Waals surface area contributed by atoms with Gasteiger partial charge in [0.15, 0.2) is 0 Å².